The highest BCUT2D eigenvalue weighted by Crippen LogP contribution is 2.12. The second-order valence-corrected chi connectivity index (χ2v) is 6.93. The van der Waals surface area contributed by atoms with Crippen LogP contribution in [0.5, 0.6) is 0 Å². The number of ether oxygens (including phenoxy) is 1. The second kappa shape index (κ2) is 9.49. The van der Waals surface area contributed by atoms with Crippen LogP contribution in [0.15, 0.2) is 52.1 Å². The van der Waals surface area contributed by atoms with Crippen molar-refractivity contribution < 1.29 is 9.53 Å². The maximum atomic E-state index is 13.0. The van der Waals surface area contributed by atoms with Crippen molar-refractivity contribution in [2.45, 2.75) is 0 Å². The van der Waals surface area contributed by atoms with E-state index in [0.717, 1.165) is 23.2 Å². The number of nitrogens with zero attached hydrogens (tertiary/aromatic N) is 4. The van der Waals surface area contributed by atoms with Gasteiger partial charge in [0.1, 0.15) is 5.82 Å². The first-order chi connectivity index (χ1) is 14.0. The maximum absolute atomic E-state index is 13.0. The van der Waals surface area contributed by atoms with E-state index >= 15 is 0 Å². The molecular formula is C21H26N4O4. The number of aromatic nitrogens is 2. The van der Waals surface area contributed by atoms with Gasteiger partial charge in [-0.25, -0.2) is 4.79 Å². The number of hydrogen-bond acceptors (Lipinski definition) is 5. The van der Waals surface area contributed by atoms with E-state index < -0.39 is 11.2 Å². The fourth-order valence-electron chi connectivity index (χ4n) is 3.21. The summed E-state index contributed by atoms with van der Waals surface area (Å²) in [7, 11) is 2.98. The summed E-state index contributed by atoms with van der Waals surface area (Å²) in [6, 6.07) is 10.8. The van der Waals surface area contributed by atoms with Gasteiger partial charge in [0.15, 0.2) is 0 Å². The van der Waals surface area contributed by atoms with Crippen LogP contribution in [0, 0.1) is 0 Å². The Balaban J connectivity index is 1.89. The summed E-state index contributed by atoms with van der Waals surface area (Å²) in [5, 5.41) is 0. The first-order valence-electron chi connectivity index (χ1n) is 9.59. The molecule has 2 aromatic rings. The smallest absolute Gasteiger partial charge is 0.332 e. The molecule has 1 aromatic heterocycles. The van der Waals surface area contributed by atoms with Crippen LogP contribution >= 0.6 is 0 Å². The molecule has 8 heteroatoms. The Labute approximate surface area is 169 Å². The molecule has 1 aromatic carbocycles. The van der Waals surface area contributed by atoms with Crippen LogP contribution in [0.4, 0.5) is 5.82 Å². The van der Waals surface area contributed by atoms with E-state index in [1.807, 2.05) is 30.3 Å². The van der Waals surface area contributed by atoms with Crippen LogP contribution in [0.3, 0.4) is 0 Å². The Morgan fingerprint density at radius 1 is 1.10 bits per heavy atom. The average Bonchev–Trinajstić information content (AvgIpc) is 2.75. The molecule has 0 unspecified atom stereocenters. The van der Waals surface area contributed by atoms with Gasteiger partial charge in [0.25, 0.3) is 11.5 Å². The molecule has 0 spiro atoms. The lowest BCUT2D eigenvalue weighted by Crippen LogP contribution is -2.46. The molecule has 1 amide bonds. The number of amides is 1. The third-order valence-corrected chi connectivity index (χ3v) is 5.00. The largest absolute Gasteiger partial charge is 0.379 e. The lowest BCUT2D eigenvalue weighted by Gasteiger charge is -2.30. The molecule has 0 bridgehead atoms. The van der Waals surface area contributed by atoms with Crippen LogP contribution in [-0.4, -0.2) is 59.3 Å². The zero-order valence-corrected chi connectivity index (χ0v) is 16.8. The molecule has 1 fully saturated rings. The molecule has 29 heavy (non-hydrogen) atoms. The van der Waals surface area contributed by atoms with Gasteiger partial charge in [-0.05, 0) is 11.6 Å². The highest BCUT2D eigenvalue weighted by atomic mass is 16.5. The fraction of sp³-hybridized carbons (Fsp3) is 0.381. The highest BCUT2D eigenvalue weighted by molar-refractivity contribution is 6.03. The van der Waals surface area contributed by atoms with Crippen LogP contribution in [0.2, 0.25) is 0 Å². The Kier molecular flexibility index (Phi) is 6.79. The van der Waals surface area contributed by atoms with Gasteiger partial charge in [0.2, 0.25) is 0 Å². The second-order valence-electron chi connectivity index (χ2n) is 6.93. The van der Waals surface area contributed by atoms with Gasteiger partial charge in [-0.15, -0.1) is 0 Å². The van der Waals surface area contributed by atoms with Gasteiger partial charge in [-0.2, -0.15) is 0 Å². The van der Waals surface area contributed by atoms with E-state index in [1.165, 1.54) is 28.7 Å². The zero-order chi connectivity index (χ0) is 20.8. The minimum absolute atomic E-state index is 0.286. The van der Waals surface area contributed by atoms with Gasteiger partial charge >= 0.3 is 5.69 Å². The predicted octanol–water partition coefficient (Wildman–Crippen LogP) is 0.463. The molecular weight excluding hydrogens is 372 g/mol. The van der Waals surface area contributed by atoms with Crippen molar-refractivity contribution >= 4 is 17.8 Å². The van der Waals surface area contributed by atoms with E-state index in [-0.39, 0.29) is 11.7 Å². The number of carbonyl (C=O) groups is 1. The summed E-state index contributed by atoms with van der Waals surface area (Å²) in [4.78, 5) is 41.3. The summed E-state index contributed by atoms with van der Waals surface area (Å²) in [5.41, 5.74) is -0.0186. The molecule has 154 valence electrons. The fourth-order valence-corrected chi connectivity index (χ4v) is 3.21. The molecule has 3 rings (SSSR count). The molecule has 0 N–H and O–H groups in total. The number of benzene rings is 1. The lowest BCUT2D eigenvalue weighted by molar-refractivity contribution is -0.114. The summed E-state index contributed by atoms with van der Waals surface area (Å²) in [5.74, 6) is -0.000522. The van der Waals surface area contributed by atoms with Crippen LogP contribution in [-0.2, 0) is 23.6 Å². The van der Waals surface area contributed by atoms with Crippen molar-refractivity contribution in [1.82, 2.24) is 14.0 Å². The van der Waals surface area contributed by atoms with E-state index in [2.05, 4.69) is 4.90 Å². The molecule has 1 saturated heterocycles. The zero-order valence-electron chi connectivity index (χ0n) is 16.8. The van der Waals surface area contributed by atoms with Gasteiger partial charge < -0.3 is 4.74 Å². The minimum atomic E-state index is -0.469. The minimum Gasteiger partial charge on any atom is -0.379 e. The van der Waals surface area contributed by atoms with E-state index in [1.54, 1.807) is 13.1 Å². The van der Waals surface area contributed by atoms with Gasteiger partial charge in [0.05, 0.1) is 13.2 Å². The van der Waals surface area contributed by atoms with Crippen LogP contribution in [0.1, 0.15) is 5.56 Å². The Bertz CT molecular complexity index is 988. The number of morpholine rings is 1. The first-order valence-corrected chi connectivity index (χ1v) is 9.59. The van der Waals surface area contributed by atoms with Gasteiger partial charge in [-0.1, -0.05) is 30.3 Å². The molecule has 0 saturated carbocycles. The first kappa shape index (κ1) is 20.8. The number of rotatable bonds is 6. The van der Waals surface area contributed by atoms with Crippen molar-refractivity contribution in [2.24, 2.45) is 14.1 Å². The Morgan fingerprint density at radius 2 is 1.79 bits per heavy atom. The van der Waals surface area contributed by atoms with Crippen molar-refractivity contribution in [3.63, 3.8) is 0 Å². The molecule has 2 heterocycles. The number of hydrogen-bond donors (Lipinski definition) is 0. The molecule has 1 aliphatic rings. The van der Waals surface area contributed by atoms with Crippen molar-refractivity contribution in [1.29, 1.82) is 0 Å². The summed E-state index contributed by atoms with van der Waals surface area (Å²) >= 11 is 0. The van der Waals surface area contributed by atoms with Crippen LogP contribution in [0.25, 0.3) is 6.08 Å². The lowest BCUT2D eigenvalue weighted by atomic mass is 10.2. The average molecular weight is 398 g/mol. The Hall–Kier alpha value is -2.97. The highest BCUT2D eigenvalue weighted by Gasteiger charge is 2.20. The van der Waals surface area contributed by atoms with Crippen molar-refractivity contribution in [3.8, 4) is 0 Å². The number of carbonyl (C=O) groups excluding carboxylic acids is 1. The standard InChI is InChI=1S/C21H26N4O4/c1-22-18(16-20(27)23(2)21(22)28)25(11-10-24-12-14-29-15-13-24)19(26)9-8-17-6-4-3-5-7-17/h3-9,16H,10-15H2,1-2H3/b9-8+. The topological polar surface area (TPSA) is 76.8 Å². The van der Waals surface area contributed by atoms with E-state index in [4.69, 9.17) is 4.74 Å². The van der Waals surface area contributed by atoms with E-state index in [9.17, 15) is 14.4 Å². The quantitative estimate of drug-likeness (QED) is 0.661. The Morgan fingerprint density at radius 3 is 2.48 bits per heavy atom. The normalized spacial score (nSPS) is 15.0. The number of anilines is 1. The SMILES string of the molecule is Cn1c(N(CCN2CCOCC2)C(=O)/C=C/c2ccccc2)cc(=O)n(C)c1=O. The third kappa shape index (κ3) is 5.10. The maximum Gasteiger partial charge on any atom is 0.332 e. The molecule has 1 aliphatic heterocycles. The van der Waals surface area contributed by atoms with Crippen LogP contribution < -0.4 is 16.1 Å². The van der Waals surface area contributed by atoms with Crippen molar-refractivity contribution in [3.05, 3.63) is 68.9 Å². The molecule has 0 radical (unpaired) electrons. The van der Waals surface area contributed by atoms with Crippen molar-refractivity contribution in [2.75, 3.05) is 44.3 Å². The molecule has 0 atom stereocenters. The van der Waals surface area contributed by atoms with E-state index in [0.29, 0.717) is 26.3 Å². The monoisotopic (exact) mass is 398 g/mol. The third-order valence-electron chi connectivity index (χ3n) is 5.00. The molecule has 0 aliphatic carbocycles. The predicted molar refractivity (Wildman–Crippen MR) is 112 cm³/mol. The molecule has 8 nitrogen and oxygen atoms in total. The summed E-state index contributed by atoms with van der Waals surface area (Å²) in [6.45, 7) is 3.88. The van der Waals surface area contributed by atoms with Gasteiger partial charge in [0, 0.05) is 52.4 Å². The summed E-state index contributed by atoms with van der Waals surface area (Å²) in [6.07, 6.45) is 3.19. The summed E-state index contributed by atoms with van der Waals surface area (Å²) < 4.78 is 7.72. The van der Waals surface area contributed by atoms with Gasteiger partial charge in [-0.3, -0.25) is 28.5 Å².